The molecule has 0 bridgehead atoms. The summed E-state index contributed by atoms with van der Waals surface area (Å²) in [5.74, 6) is 0.224. The van der Waals surface area contributed by atoms with Gasteiger partial charge in [0.15, 0.2) is 0 Å². The molecule has 1 heterocycles. The summed E-state index contributed by atoms with van der Waals surface area (Å²) in [6.07, 6.45) is -0.662. The molecule has 1 aliphatic heterocycles. The Kier molecular flexibility index (Phi) is 4.94. The van der Waals surface area contributed by atoms with E-state index in [0.717, 1.165) is 12.1 Å². The highest BCUT2D eigenvalue weighted by Gasteiger charge is 2.33. The Morgan fingerprint density at radius 2 is 2.10 bits per heavy atom. The summed E-state index contributed by atoms with van der Waals surface area (Å²) in [5.41, 5.74) is 1.34. The largest absolute Gasteiger partial charge is 0.387 e. The highest BCUT2D eigenvalue weighted by atomic mass is 16.3. The van der Waals surface area contributed by atoms with E-state index in [1.165, 1.54) is 0 Å². The number of nitrogens with zero attached hydrogens (tertiary/aromatic N) is 2. The van der Waals surface area contributed by atoms with Crippen LogP contribution in [0.3, 0.4) is 0 Å². The first-order valence-corrected chi connectivity index (χ1v) is 7.23. The Labute approximate surface area is 125 Å². The fourth-order valence-electron chi connectivity index (χ4n) is 2.77. The molecule has 1 aromatic rings. The molecule has 5 heteroatoms. The molecule has 0 saturated carbocycles. The van der Waals surface area contributed by atoms with Crippen LogP contribution < -0.4 is 5.32 Å². The zero-order valence-electron chi connectivity index (χ0n) is 12.4. The van der Waals surface area contributed by atoms with Gasteiger partial charge in [-0.3, -0.25) is 9.69 Å². The van der Waals surface area contributed by atoms with Gasteiger partial charge in [-0.1, -0.05) is 26.0 Å². The number of β-amino-alcohol motifs (C(OH)–C–C–N with tert-alkyl or cyclic N) is 1. The first-order chi connectivity index (χ1) is 10.0. The fourth-order valence-corrected chi connectivity index (χ4v) is 2.77. The molecule has 0 aliphatic carbocycles. The third kappa shape index (κ3) is 3.60. The lowest BCUT2D eigenvalue weighted by atomic mass is 9.98. The van der Waals surface area contributed by atoms with Crippen LogP contribution in [-0.4, -0.2) is 41.6 Å². The van der Waals surface area contributed by atoms with Crippen molar-refractivity contribution in [1.82, 2.24) is 10.2 Å². The molecule has 5 nitrogen and oxygen atoms in total. The second kappa shape index (κ2) is 6.70. The molecule has 2 N–H and O–H groups in total. The number of carbonyl (C=O) groups excluding carboxylic acids is 1. The third-order valence-electron chi connectivity index (χ3n) is 3.82. The number of hydrogen-bond acceptors (Lipinski definition) is 4. The number of nitriles is 1. The molecule has 0 spiro atoms. The van der Waals surface area contributed by atoms with Crippen molar-refractivity contribution >= 4 is 5.91 Å². The van der Waals surface area contributed by atoms with Gasteiger partial charge in [0.25, 0.3) is 0 Å². The molecule has 1 saturated heterocycles. The van der Waals surface area contributed by atoms with E-state index < -0.39 is 6.10 Å². The van der Waals surface area contributed by atoms with E-state index in [1.807, 2.05) is 18.7 Å². The van der Waals surface area contributed by atoms with E-state index in [-0.39, 0.29) is 17.9 Å². The maximum absolute atomic E-state index is 12.0. The van der Waals surface area contributed by atoms with Crippen molar-refractivity contribution in [2.45, 2.75) is 26.0 Å². The van der Waals surface area contributed by atoms with Crippen LogP contribution in [0.5, 0.6) is 0 Å². The molecule has 1 aliphatic rings. The summed E-state index contributed by atoms with van der Waals surface area (Å²) in [7, 11) is 0. The summed E-state index contributed by atoms with van der Waals surface area (Å²) in [6, 6.07) is 8.77. The number of piperazine rings is 1. The predicted molar refractivity (Wildman–Crippen MR) is 79.3 cm³/mol. The molecule has 0 radical (unpaired) electrons. The van der Waals surface area contributed by atoms with Crippen molar-refractivity contribution in [3.8, 4) is 6.07 Å². The van der Waals surface area contributed by atoms with Crippen LogP contribution in [0.25, 0.3) is 0 Å². The van der Waals surface area contributed by atoms with Crippen molar-refractivity contribution in [3.63, 3.8) is 0 Å². The number of benzene rings is 1. The average molecular weight is 287 g/mol. The van der Waals surface area contributed by atoms with Gasteiger partial charge in [0.05, 0.1) is 23.8 Å². The zero-order valence-corrected chi connectivity index (χ0v) is 12.4. The molecule has 1 fully saturated rings. The summed E-state index contributed by atoms with van der Waals surface area (Å²) in [4.78, 5) is 14.0. The lowest BCUT2D eigenvalue weighted by molar-refractivity contribution is -0.131. The molecular weight excluding hydrogens is 266 g/mol. The summed E-state index contributed by atoms with van der Waals surface area (Å²) in [5, 5.41) is 22.0. The number of aliphatic hydroxyl groups is 1. The van der Waals surface area contributed by atoms with E-state index in [1.54, 1.807) is 24.3 Å². The van der Waals surface area contributed by atoms with Gasteiger partial charge < -0.3 is 10.4 Å². The van der Waals surface area contributed by atoms with E-state index in [0.29, 0.717) is 18.7 Å². The highest BCUT2D eigenvalue weighted by molar-refractivity contribution is 5.82. The van der Waals surface area contributed by atoms with Crippen molar-refractivity contribution in [3.05, 3.63) is 35.4 Å². The molecule has 1 amide bonds. The van der Waals surface area contributed by atoms with Crippen LogP contribution in [-0.2, 0) is 4.79 Å². The third-order valence-corrected chi connectivity index (χ3v) is 3.82. The minimum Gasteiger partial charge on any atom is -0.387 e. The fraction of sp³-hybridized carbons (Fsp3) is 0.500. The van der Waals surface area contributed by atoms with Gasteiger partial charge in [-0.2, -0.15) is 5.26 Å². The molecule has 2 rings (SSSR count). The van der Waals surface area contributed by atoms with Gasteiger partial charge in [0, 0.05) is 19.6 Å². The first-order valence-electron chi connectivity index (χ1n) is 7.23. The van der Waals surface area contributed by atoms with Crippen molar-refractivity contribution in [2.75, 3.05) is 19.6 Å². The number of amides is 1. The molecule has 0 aromatic heterocycles. The van der Waals surface area contributed by atoms with Crippen molar-refractivity contribution < 1.29 is 9.90 Å². The Morgan fingerprint density at radius 3 is 2.67 bits per heavy atom. The van der Waals surface area contributed by atoms with Crippen LogP contribution in [0.4, 0.5) is 0 Å². The van der Waals surface area contributed by atoms with Crippen LogP contribution in [0.2, 0.25) is 0 Å². The van der Waals surface area contributed by atoms with Gasteiger partial charge in [-0.15, -0.1) is 0 Å². The quantitative estimate of drug-likeness (QED) is 0.868. The topological polar surface area (TPSA) is 76.4 Å². The number of carbonyl (C=O) groups is 1. The minimum absolute atomic E-state index is 0.0308. The first kappa shape index (κ1) is 15.5. The van der Waals surface area contributed by atoms with E-state index in [2.05, 4.69) is 11.4 Å². The monoisotopic (exact) mass is 287 g/mol. The lowest BCUT2D eigenvalue weighted by Gasteiger charge is -2.38. The number of rotatable bonds is 4. The lowest BCUT2D eigenvalue weighted by Crippen LogP contribution is -2.58. The van der Waals surface area contributed by atoms with Gasteiger partial charge in [0.1, 0.15) is 0 Å². The number of nitrogens with one attached hydrogen (secondary N) is 1. The maximum atomic E-state index is 12.0. The molecule has 1 aromatic carbocycles. The van der Waals surface area contributed by atoms with E-state index in [9.17, 15) is 9.90 Å². The smallest absolute Gasteiger partial charge is 0.237 e. The zero-order chi connectivity index (χ0) is 15.4. The molecular formula is C16H21N3O2. The average Bonchev–Trinajstić information content (AvgIpc) is 2.47. The summed E-state index contributed by atoms with van der Waals surface area (Å²) in [6.45, 7) is 5.79. The van der Waals surface area contributed by atoms with E-state index in [4.69, 9.17) is 5.26 Å². The molecule has 112 valence electrons. The van der Waals surface area contributed by atoms with Gasteiger partial charge >= 0.3 is 0 Å². The number of hydrogen-bond donors (Lipinski definition) is 2. The summed E-state index contributed by atoms with van der Waals surface area (Å²) >= 11 is 0. The predicted octanol–water partition coefficient (Wildman–Crippen LogP) is 1.05. The normalized spacial score (nSPS) is 20.9. The second-order valence-electron chi connectivity index (χ2n) is 5.72. The van der Waals surface area contributed by atoms with Gasteiger partial charge in [-0.05, 0) is 23.6 Å². The Bertz CT molecular complexity index is 533. The maximum Gasteiger partial charge on any atom is 0.237 e. The molecule has 2 atom stereocenters. The van der Waals surface area contributed by atoms with Gasteiger partial charge in [0.2, 0.25) is 5.91 Å². The second-order valence-corrected chi connectivity index (χ2v) is 5.72. The standard InChI is InChI=1S/C16H21N3O2/c1-11(2)15-16(21)18-7-8-19(15)10-14(20)13-5-3-12(9-17)4-6-13/h3-6,11,14-15,20H,7-8,10H2,1-2H3,(H,18,21). The Hall–Kier alpha value is -1.90. The van der Waals surface area contributed by atoms with Crippen molar-refractivity contribution in [2.24, 2.45) is 5.92 Å². The summed E-state index contributed by atoms with van der Waals surface area (Å²) < 4.78 is 0. The van der Waals surface area contributed by atoms with Crippen LogP contribution in [0.1, 0.15) is 31.1 Å². The Morgan fingerprint density at radius 1 is 1.43 bits per heavy atom. The highest BCUT2D eigenvalue weighted by Crippen LogP contribution is 2.20. The minimum atomic E-state index is -0.662. The van der Waals surface area contributed by atoms with Crippen molar-refractivity contribution in [1.29, 1.82) is 5.26 Å². The van der Waals surface area contributed by atoms with Crippen LogP contribution in [0.15, 0.2) is 24.3 Å². The number of aliphatic hydroxyl groups excluding tert-OH is 1. The van der Waals surface area contributed by atoms with Crippen LogP contribution >= 0.6 is 0 Å². The van der Waals surface area contributed by atoms with Crippen LogP contribution in [0, 0.1) is 17.2 Å². The SMILES string of the molecule is CC(C)C1C(=O)NCCN1CC(O)c1ccc(C#N)cc1. The molecule has 21 heavy (non-hydrogen) atoms. The molecule has 2 unspecified atom stereocenters. The van der Waals surface area contributed by atoms with E-state index >= 15 is 0 Å². The Balaban J connectivity index is 2.07. The van der Waals surface area contributed by atoms with Gasteiger partial charge in [-0.25, -0.2) is 0 Å².